The highest BCUT2D eigenvalue weighted by Gasteiger charge is 2.32. The van der Waals surface area contributed by atoms with E-state index in [0.717, 1.165) is 0 Å². The van der Waals surface area contributed by atoms with Gasteiger partial charge in [-0.15, -0.1) is 0 Å². The lowest BCUT2D eigenvalue weighted by Gasteiger charge is -2.28. The monoisotopic (exact) mass is 319 g/mol. The number of esters is 1. The van der Waals surface area contributed by atoms with Crippen molar-refractivity contribution in [3.63, 3.8) is 0 Å². The highest BCUT2D eigenvalue weighted by Crippen LogP contribution is 2.12. The van der Waals surface area contributed by atoms with E-state index in [2.05, 4.69) is 5.32 Å². The maximum absolute atomic E-state index is 12.1. The number of ether oxygens (including phenoxy) is 3. The van der Waals surface area contributed by atoms with E-state index in [9.17, 15) is 19.8 Å². The summed E-state index contributed by atoms with van der Waals surface area (Å²) in [7, 11) is 0. The molecule has 1 fully saturated rings. The minimum atomic E-state index is -1.26. The first-order valence-electron chi connectivity index (χ1n) is 7.24. The highest BCUT2D eigenvalue weighted by atomic mass is 16.6. The fourth-order valence-electron chi connectivity index (χ4n) is 1.85. The maximum atomic E-state index is 12.1. The Kier molecular flexibility index (Phi) is 6.58. The van der Waals surface area contributed by atoms with Gasteiger partial charge in [-0.1, -0.05) is 0 Å². The summed E-state index contributed by atoms with van der Waals surface area (Å²) in [6.07, 6.45) is -3.89. The second-order valence-corrected chi connectivity index (χ2v) is 6.26. The summed E-state index contributed by atoms with van der Waals surface area (Å²) in [4.78, 5) is 23.8. The molecule has 4 atom stereocenters. The Balaban J connectivity index is 2.69. The van der Waals surface area contributed by atoms with Crippen molar-refractivity contribution in [3.8, 4) is 0 Å². The zero-order valence-electron chi connectivity index (χ0n) is 13.4. The number of amides is 1. The fourth-order valence-corrected chi connectivity index (χ4v) is 1.85. The Bertz CT molecular complexity index is 393. The van der Waals surface area contributed by atoms with E-state index in [4.69, 9.17) is 14.2 Å². The molecule has 0 spiro atoms. The fraction of sp³-hybridized carbons (Fsp3) is 0.857. The molecule has 0 radical (unpaired) electrons. The number of alkyl carbamates (subject to hydrolysis) is 1. The summed E-state index contributed by atoms with van der Waals surface area (Å²) in [6.45, 7) is 6.62. The molecule has 0 aromatic rings. The van der Waals surface area contributed by atoms with Gasteiger partial charge in [0.2, 0.25) is 0 Å². The van der Waals surface area contributed by atoms with Crippen molar-refractivity contribution in [1.29, 1.82) is 0 Å². The SMILES string of the molecule is C[C@@H]1OC(=O)[C@@H](NC(=O)OC(C)(C)C)CCOC[C@H](O)[C@H]1O. The topological polar surface area (TPSA) is 114 Å². The summed E-state index contributed by atoms with van der Waals surface area (Å²) >= 11 is 0. The van der Waals surface area contributed by atoms with E-state index in [0.29, 0.717) is 0 Å². The van der Waals surface area contributed by atoms with Gasteiger partial charge in [-0.2, -0.15) is 0 Å². The lowest BCUT2D eigenvalue weighted by molar-refractivity contribution is -0.165. The number of hydrogen-bond acceptors (Lipinski definition) is 7. The molecular formula is C14H25NO7. The van der Waals surface area contributed by atoms with Crippen LogP contribution in [0.25, 0.3) is 0 Å². The van der Waals surface area contributed by atoms with E-state index in [1.807, 2.05) is 0 Å². The average molecular weight is 319 g/mol. The van der Waals surface area contributed by atoms with Crippen LogP contribution >= 0.6 is 0 Å². The van der Waals surface area contributed by atoms with Crippen LogP contribution in [-0.2, 0) is 19.0 Å². The third kappa shape index (κ3) is 6.17. The summed E-state index contributed by atoms with van der Waals surface area (Å²) in [5.74, 6) is -0.713. The Labute approximate surface area is 129 Å². The Hall–Kier alpha value is -1.38. The van der Waals surface area contributed by atoms with Crippen molar-refractivity contribution in [2.24, 2.45) is 0 Å². The first-order valence-corrected chi connectivity index (χ1v) is 7.24. The van der Waals surface area contributed by atoms with Gasteiger partial charge >= 0.3 is 12.1 Å². The van der Waals surface area contributed by atoms with Gasteiger partial charge in [0, 0.05) is 13.0 Å². The summed E-state index contributed by atoms with van der Waals surface area (Å²) < 4.78 is 15.4. The zero-order chi connectivity index (χ0) is 16.9. The van der Waals surface area contributed by atoms with E-state index >= 15 is 0 Å². The van der Waals surface area contributed by atoms with Crippen molar-refractivity contribution in [3.05, 3.63) is 0 Å². The molecule has 1 rings (SSSR count). The number of rotatable bonds is 1. The molecule has 0 aromatic heterocycles. The van der Waals surface area contributed by atoms with Gasteiger partial charge in [-0.05, 0) is 27.7 Å². The molecule has 0 unspecified atom stereocenters. The standard InChI is InChI=1S/C14H25NO7/c1-8-11(17)10(16)7-20-6-5-9(12(18)21-8)15-13(19)22-14(2,3)4/h8-11,16-17H,5-7H2,1-4H3,(H,15,19)/t8-,9-,10-,11-/m0/s1. The number of carbonyl (C=O) groups excluding carboxylic acids is 2. The van der Waals surface area contributed by atoms with Gasteiger partial charge in [0.05, 0.1) is 6.61 Å². The van der Waals surface area contributed by atoms with E-state index in [1.54, 1.807) is 20.8 Å². The number of aliphatic hydroxyl groups excluding tert-OH is 2. The van der Waals surface area contributed by atoms with Crippen LogP contribution in [0.15, 0.2) is 0 Å². The minimum Gasteiger partial charge on any atom is -0.458 e. The average Bonchev–Trinajstić information content (AvgIpc) is 2.37. The molecule has 1 saturated heterocycles. The van der Waals surface area contributed by atoms with Gasteiger partial charge in [0.15, 0.2) is 0 Å². The Morgan fingerprint density at radius 3 is 2.59 bits per heavy atom. The molecule has 22 heavy (non-hydrogen) atoms. The molecule has 1 amide bonds. The minimum absolute atomic E-state index is 0.0811. The molecule has 3 N–H and O–H groups in total. The number of hydrogen-bond donors (Lipinski definition) is 3. The van der Waals surface area contributed by atoms with Crippen LogP contribution in [0.2, 0.25) is 0 Å². The van der Waals surface area contributed by atoms with Crippen molar-refractivity contribution >= 4 is 12.1 Å². The van der Waals surface area contributed by atoms with Gasteiger partial charge in [0.1, 0.15) is 30.0 Å². The van der Waals surface area contributed by atoms with Crippen LogP contribution in [-0.4, -0.2) is 65.4 Å². The van der Waals surface area contributed by atoms with Gasteiger partial charge in [0.25, 0.3) is 0 Å². The normalized spacial score (nSPS) is 31.1. The van der Waals surface area contributed by atoms with E-state index < -0.39 is 42.0 Å². The highest BCUT2D eigenvalue weighted by molar-refractivity contribution is 5.81. The zero-order valence-corrected chi connectivity index (χ0v) is 13.4. The molecule has 1 aliphatic rings. The maximum Gasteiger partial charge on any atom is 0.408 e. The molecule has 1 heterocycles. The predicted octanol–water partition coefficient (Wildman–Crippen LogP) is -0.0465. The Morgan fingerprint density at radius 1 is 1.36 bits per heavy atom. The number of cyclic esters (lactones) is 1. The predicted molar refractivity (Wildman–Crippen MR) is 76.2 cm³/mol. The molecule has 0 saturated carbocycles. The summed E-state index contributed by atoms with van der Waals surface area (Å²) in [5, 5.41) is 21.9. The molecule has 128 valence electrons. The molecule has 0 bridgehead atoms. The smallest absolute Gasteiger partial charge is 0.408 e. The van der Waals surface area contributed by atoms with Crippen molar-refractivity contribution in [2.75, 3.05) is 13.2 Å². The first-order chi connectivity index (χ1) is 10.1. The third-order valence-corrected chi connectivity index (χ3v) is 2.99. The third-order valence-electron chi connectivity index (χ3n) is 2.99. The van der Waals surface area contributed by atoms with Gasteiger partial charge in [-0.3, -0.25) is 0 Å². The van der Waals surface area contributed by atoms with Crippen LogP contribution in [0.5, 0.6) is 0 Å². The lowest BCUT2D eigenvalue weighted by Crippen LogP contribution is -2.49. The summed E-state index contributed by atoms with van der Waals surface area (Å²) in [6, 6.07) is -0.945. The Morgan fingerprint density at radius 2 is 2.00 bits per heavy atom. The number of carbonyl (C=O) groups is 2. The largest absolute Gasteiger partial charge is 0.458 e. The van der Waals surface area contributed by atoms with Gasteiger partial charge < -0.3 is 29.7 Å². The molecule has 1 aliphatic heterocycles. The second kappa shape index (κ2) is 7.75. The second-order valence-electron chi connectivity index (χ2n) is 6.26. The van der Waals surface area contributed by atoms with Crippen LogP contribution in [0.1, 0.15) is 34.1 Å². The van der Waals surface area contributed by atoms with Crippen LogP contribution in [0, 0.1) is 0 Å². The molecular weight excluding hydrogens is 294 g/mol. The number of aliphatic hydroxyl groups is 2. The van der Waals surface area contributed by atoms with E-state index in [1.165, 1.54) is 6.92 Å². The van der Waals surface area contributed by atoms with Crippen molar-refractivity contribution in [1.82, 2.24) is 5.32 Å². The van der Waals surface area contributed by atoms with E-state index in [-0.39, 0.29) is 19.6 Å². The quantitative estimate of drug-likeness (QED) is 0.581. The molecule has 0 aliphatic carbocycles. The van der Waals surface area contributed by atoms with Crippen LogP contribution in [0.4, 0.5) is 4.79 Å². The molecule has 8 heteroatoms. The van der Waals surface area contributed by atoms with Gasteiger partial charge in [-0.25, -0.2) is 9.59 Å². The van der Waals surface area contributed by atoms with Crippen molar-refractivity contribution < 1.29 is 34.0 Å². The molecule has 0 aromatic carbocycles. The number of nitrogens with one attached hydrogen (secondary N) is 1. The molecule has 8 nitrogen and oxygen atoms in total. The van der Waals surface area contributed by atoms with Crippen LogP contribution in [0.3, 0.4) is 0 Å². The summed E-state index contributed by atoms with van der Waals surface area (Å²) in [5.41, 5.74) is -0.686. The lowest BCUT2D eigenvalue weighted by atomic mass is 10.1. The van der Waals surface area contributed by atoms with Crippen LogP contribution < -0.4 is 5.32 Å². The first kappa shape index (κ1) is 18.7. The van der Waals surface area contributed by atoms with Crippen molar-refractivity contribution in [2.45, 2.75) is 64.1 Å².